The summed E-state index contributed by atoms with van der Waals surface area (Å²) in [6.07, 6.45) is -0.613. The van der Waals surface area contributed by atoms with Gasteiger partial charge in [-0.15, -0.1) is 0 Å². The van der Waals surface area contributed by atoms with E-state index < -0.39 is 18.2 Å². The van der Waals surface area contributed by atoms with Gasteiger partial charge in [0.05, 0.1) is 12.7 Å². The average molecular weight is 420 g/mol. The largest absolute Gasteiger partial charge is 0.485 e. The fraction of sp³-hybridized carbons (Fsp3) is 0.409. The van der Waals surface area contributed by atoms with E-state index in [0.717, 1.165) is 17.5 Å². The zero-order valence-corrected chi connectivity index (χ0v) is 17.3. The standard InChI is InChI=1S/C22H26ClNO5/c1-3-27-22(26)21-13-28-20-10-15(7-8-19(20)29-21)9-14(2)24-12-18(25)16-5-4-6-17(23)11-16/h4-8,10-11,14,18,21,24-25H,3,9,12-13H2,1-2H3/t14-,18?,21+/m1/s1. The maximum atomic E-state index is 11.8. The number of benzene rings is 2. The van der Waals surface area contributed by atoms with Crippen molar-refractivity contribution in [3.63, 3.8) is 0 Å². The summed E-state index contributed by atoms with van der Waals surface area (Å²) >= 11 is 5.98. The number of fused-ring (bicyclic) bond motifs is 1. The molecule has 0 spiro atoms. The molecule has 7 heteroatoms. The van der Waals surface area contributed by atoms with E-state index >= 15 is 0 Å². The third kappa shape index (κ3) is 5.85. The predicted molar refractivity (Wildman–Crippen MR) is 111 cm³/mol. The summed E-state index contributed by atoms with van der Waals surface area (Å²) in [7, 11) is 0. The molecule has 0 bridgehead atoms. The van der Waals surface area contributed by atoms with Crippen LogP contribution in [0.2, 0.25) is 5.02 Å². The van der Waals surface area contributed by atoms with Gasteiger partial charge in [-0.25, -0.2) is 4.79 Å². The molecule has 29 heavy (non-hydrogen) atoms. The molecule has 1 aliphatic heterocycles. The lowest BCUT2D eigenvalue weighted by Crippen LogP contribution is -2.38. The van der Waals surface area contributed by atoms with Crippen LogP contribution >= 0.6 is 11.6 Å². The molecule has 2 aromatic carbocycles. The highest BCUT2D eigenvalue weighted by Gasteiger charge is 2.28. The smallest absolute Gasteiger partial charge is 0.350 e. The molecular weight excluding hydrogens is 394 g/mol. The molecule has 3 atom stereocenters. The van der Waals surface area contributed by atoms with E-state index in [0.29, 0.717) is 29.7 Å². The molecule has 0 fully saturated rings. The zero-order valence-electron chi connectivity index (χ0n) is 16.6. The molecule has 3 rings (SSSR count). The van der Waals surface area contributed by atoms with Crippen molar-refractivity contribution in [3.05, 3.63) is 58.6 Å². The number of carbonyl (C=O) groups is 1. The third-order valence-electron chi connectivity index (χ3n) is 4.65. The Morgan fingerprint density at radius 1 is 1.31 bits per heavy atom. The number of hydrogen-bond donors (Lipinski definition) is 2. The lowest BCUT2D eigenvalue weighted by Gasteiger charge is -2.25. The second kappa shape index (κ2) is 9.96. The van der Waals surface area contributed by atoms with Crippen LogP contribution in [0.5, 0.6) is 11.5 Å². The van der Waals surface area contributed by atoms with Crippen molar-refractivity contribution in [1.29, 1.82) is 0 Å². The van der Waals surface area contributed by atoms with E-state index in [2.05, 4.69) is 12.2 Å². The fourth-order valence-corrected chi connectivity index (χ4v) is 3.36. The second-order valence-electron chi connectivity index (χ2n) is 7.03. The van der Waals surface area contributed by atoms with Gasteiger partial charge in [0.2, 0.25) is 6.10 Å². The van der Waals surface area contributed by atoms with Crippen LogP contribution < -0.4 is 14.8 Å². The summed E-state index contributed by atoms with van der Waals surface area (Å²) in [5.41, 5.74) is 1.85. The van der Waals surface area contributed by atoms with Crippen LogP contribution in [0.4, 0.5) is 0 Å². The number of ether oxygens (including phenoxy) is 3. The van der Waals surface area contributed by atoms with Gasteiger partial charge in [-0.3, -0.25) is 0 Å². The molecule has 0 radical (unpaired) electrons. The Labute approximate surface area is 175 Å². The van der Waals surface area contributed by atoms with E-state index in [1.165, 1.54) is 0 Å². The van der Waals surface area contributed by atoms with Gasteiger partial charge < -0.3 is 24.6 Å². The van der Waals surface area contributed by atoms with Crippen molar-refractivity contribution in [2.24, 2.45) is 0 Å². The molecule has 0 aliphatic carbocycles. The molecule has 1 heterocycles. The van der Waals surface area contributed by atoms with Crippen LogP contribution in [0.3, 0.4) is 0 Å². The molecule has 2 N–H and O–H groups in total. The van der Waals surface area contributed by atoms with Gasteiger partial charge in [-0.1, -0.05) is 29.8 Å². The van der Waals surface area contributed by atoms with Gasteiger partial charge in [-0.05, 0) is 55.7 Å². The predicted octanol–water partition coefficient (Wildman–Crippen LogP) is 3.30. The van der Waals surface area contributed by atoms with Gasteiger partial charge in [0.15, 0.2) is 11.5 Å². The molecule has 0 saturated carbocycles. The maximum Gasteiger partial charge on any atom is 0.350 e. The van der Waals surface area contributed by atoms with Crippen molar-refractivity contribution < 1.29 is 24.1 Å². The van der Waals surface area contributed by atoms with E-state index in [-0.39, 0.29) is 12.6 Å². The highest BCUT2D eigenvalue weighted by atomic mass is 35.5. The second-order valence-corrected chi connectivity index (χ2v) is 7.47. The first-order valence-electron chi connectivity index (χ1n) is 9.72. The number of aliphatic hydroxyl groups excluding tert-OH is 1. The number of halogens is 1. The van der Waals surface area contributed by atoms with E-state index in [4.69, 9.17) is 25.8 Å². The first-order chi connectivity index (χ1) is 14.0. The topological polar surface area (TPSA) is 77.0 Å². The van der Waals surface area contributed by atoms with Gasteiger partial charge in [-0.2, -0.15) is 0 Å². The number of nitrogens with one attached hydrogen (secondary N) is 1. The van der Waals surface area contributed by atoms with Gasteiger partial charge in [0.25, 0.3) is 0 Å². The fourth-order valence-electron chi connectivity index (χ4n) is 3.16. The minimum Gasteiger partial charge on any atom is -0.485 e. The van der Waals surface area contributed by atoms with Crippen LogP contribution in [0.1, 0.15) is 31.1 Å². The summed E-state index contributed by atoms with van der Waals surface area (Å²) < 4.78 is 16.4. The summed E-state index contributed by atoms with van der Waals surface area (Å²) in [6.45, 7) is 4.67. The summed E-state index contributed by atoms with van der Waals surface area (Å²) in [5, 5.41) is 14.3. The Morgan fingerprint density at radius 3 is 2.90 bits per heavy atom. The van der Waals surface area contributed by atoms with Crippen molar-refractivity contribution in [2.75, 3.05) is 19.8 Å². The summed E-state index contributed by atoms with van der Waals surface area (Å²) in [6, 6.07) is 13.0. The number of rotatable bonds is 8. The number of carbonyl (C=O) groups excluding carboxylic acids is 1. The Balaban J connectivity index is 1.52. The van der Waals surface area contributed by atoms with Gasteiger partial charge in [0, 0.05) is 17.6 Å². The van der Waals surface area contributed by atoms with Crippen LogP contribution in [-0.4, -0.2) is 43.0 Å². The van der Waals surface area contributed by atoms with Gasteiger partial charge >= 0.3 is 5.97 Å². The highest BCUT2D eigenvalue weighted by molar-refractivity contribution is 6.30. The Kier molecular flexibility index (Phi) is 7.36. The zero-order chi connectivity index (χ0) is 20.8. The highest BCUT2D eigenvalue weighted by Crippen LogP contribution is 2.33. The SMILES string of the molecule is CCOC(=O)[C@@H]1COc2cc(C[C@@H](C)NCC(O)c3cccc(Cl)c3)ccc2O1. The first kappa shape index (κ1) is 21.4. The number of esters is 1. The Hall–Kier alpha value is -2.28. The van der Waals surface area contributed by atoms with Crippen molar-refractivity contribution >= 4 is 17.6 Å². The average Bonchev–Trinajstić information content (AvgIpc) is 2.71. The minimum atomic E-state index is -0.734. The van der Waals surface area contributed by atoms with Crippen molar-refractivity contribution in [3.8, 4) is 11.5 Å². The van der Waals surface area contributed by atoms with E-state index in [1.807, 2.05) is 30.3 Å². The molecular formula is C22H26ClNO5. The van der Waals surface area contributed by atoms with Gasteiger partial charge in [0.1, 0.15) is 6.61 Å². The Morgan fingerprint density at radius 2 is 2.14 bits per heavy atom. The minimum absolute atomic E-state index is 0.134. The normalized spacial score (nSPS) is 17.4. The molecule has 2 aromatic rings. The Bertz CT molecular complexity index is 844. The molecule has 1 aliphatic rings. The van der Waals surface area contributed by atoms with Crippen LogP contribution in [0.15, 0.2) is 42.5 Å². The van der Waals surface area contributed by atoms with E-state index in [9.17, 15) is 9.90 Å². The maximum absolute atomic E-state index is 11.8. The molecule has 0 saturated heterocycles. The number of hydrogen-bond acceptors (Lipinski definition) is 6. The monoisotopic (exact) mass is 419 g/mol. The van der Waals surface area contributed by atoms with Crippen LogP contribution in [0.25, 0.3) is 0 Å². The van der Waals surface area contributed by atoms with Crippen LogP contribution in [-0.2, 0) is 16.0 Å². The number of aliphatic hydroxyl groups is 1. The van der Waals surface area contributed by atoms with Crippen molar-refractivity contribution in [1.82, 2.24) is 5.32 Å². The molecule has 156 valence electrons. The molecule has 6 nitrogen and oxygen atoms in total. The summed E-state index contributed by atoms with van der Waals surface area (Å²) in [4.78, 5) is 11.8. The lowest BCUT2D eigenvalue weighted by atomic mass is 10.0. The molecule has 0 aromatic heterocycles. The molecule has 1 unspecified atom stereocenters. The van der Waals surface area contributed by atoms with E-state index in [1.54, 1.807) is 19.1 Å². The molecule has 0 amide bonds. The lowest BCUT2D eigenvalue weighted by molar-refractivity contribution is -0.153. The third-order valence-corrected chi connectivity index (χ3v) is 4.89. The van der Waals surface area contributed by atoms with Crippen molar-refractivity contribution in [2.45, 2.75) is 38.5 Å². The van der Waals surface area contributed by atoms with Crippen LogP contribution in [0, 0.1) is 0 Å². The first-order valence-corrected chi connectivity index (χ1v) is 10.1. The summed E-state index contributed by atoms with van der Waals surface area (Å²) in [5.74, 6) is 0.738. The quantitative estimate of drug-likeness (QED) is 0.639.